The summed E-state index contributed by atoms with van der Waals surface area (Å²) in [7, 11) is 0. The van der Waals surface area contributed by atoms with E-state index in [1.165, 1.54) is 19.3 Å². The lowest BCUT2D eigenvalue weighted by atomic mass is 9.73. The molecule has 2 heterocycles. The van der Waals surface area contributed by atoms with Crippen molar-refractivity contribution in [2.45, 2.75) is 63.8 Å². The minimum Gasteiger partial charge on any atom is -0.493 e. The third-order valence-corrected chi connectivity index (χ3v) is 7.17. The number of fused-ring (bicyclic) bond motifs is 4. The third kappa shape index (κ3) is 3.65. The molecule has 1 aromatic carbocycles. The van der Waals surface area contributed by atoms with Gasteiger partial charge in [-0.2, -0.15) is 0 Å². The lowest BCUT2D eigenvalue weighted by molar-refractivity contribution is 0.0522. The number of rotatable bonds is 6. The number of esters is 1. The number of ether oxygens (including phenoxy) is 2. The molecule has 5 rings (SSSR count). The van der Waals surface area contributed by atoms with Gasteiger partial charge in [-0.25, -0.2) is 4.79 Å². The van der Waals surface area contributed by atoms with Crippen LogP contribution in [0.2, 0.25) is 0 Å². The summed E-state index contributed by atoms with van der Waals surface area (Å²) < 4.78 is 13.3. The average Bonchev–Trinajstić information content (AvgIpc) is 3.62. The number of hydrogen-bond donors (Lipinski definition) is 0. The summed E-state index contributed by atoms with van der Waals surface area (Å²) in [6.07, 6.45) is 11.0. The molecule has 2 aliphatic carbocycles. The van der Waals surface area contributed by atoms with Gasteiger partial charge in [0.25, 0.3) is 0 Å². The molecule has 2 aromatic rings. The normalized spacial score (nSPS) is 18.5. The molecule has 168 valence electrons. The fraction of sp³-hybridized carbons (Fsp3) is 0.500. The van der Waals surface area contributed by atoms with Gasteiger partial charge in [0, 0.05) is 23.4 Å². The third-order valence-electron chi connectivity index (χ3n) is 7.17. The number of benzene rings is 1. The molecule has 0 unspecified atom stereocenters. The van der Waals surface area contributed by atoms with Crippen LogP contribution in [0.1, 0.15) is 78.1 Å². The van der Waals surface area contributed by atoms with E-state index in [0.717, 1.165) is 55.2 Å². The predicted octanol–water partition coefficient (Wildman–Crippen LogP) is 4.51. The van der Waals surface area contributed by atoms with Crippen molar-refractivity contribution in [2.24, 2.45) is 5.92 Å². The van der Waals surface area contributed by atoms with Crippen molar-refractivity contribution in [3.63, 3.8) is 0 Å². The van der Waals surface area contributed by atoms with Crippen molar-refractivity contribution < 1.29 is 19.1 Å². The highest BCUT2D eigenvalue weighted by atomic mass is 16.5. The van der Waals surface area contributed by atoms with Gasteiger partial charge in [0.2, 0.25) is 0 Å². The average molecular weight is 436 g/mol. The van der Waals surface area contributed by atoms with Gasteiger partial charge >= 0.3 is 5.97 Å². The first-order valence-electron chi connectivity index (χ1n) is 11.7. The molecule has 0 bridgehead atoms. The summed E-state index contributed by atoms with van der Waals surface area (Å²) in [6, 6.07) is 5.39. The summed E-state index contributed by atoms with van der Waals surface area (Å²) in [5.41, 5.74) is 2.77. The highest BCUT2D eigenvalue weighted by Crippen LogP contribution is 2.47. The predicted molar refractivity (Wildman–Crippen MR) is 120 cm³/mol. The fourth-order valence-electron chi connectivity index (χ4n) is 5.30. The molecule has 2 fully saturated rings. The zero-order chi connectivity index (χ0) is 22.3. The SMILES string of the molecule is CCOC(=O)c1cn2c(cc1=O)-c1cc(C=O)c(OCC3CC3)cc1CC21CCCCC1. The van der Waals surface area contributed by atoms with E-state index in [9.17, 15) is 14.4 Å². The summed E-state index contributed by atoms with van der Waals surface area (Å²) in [5, 5.41) is 0. The molecule has 1 spiro atoms. The minimum atomic E-state index is -0.582. The van der Waals surface area contributed by atoms with E-state index in [1.54, 1.807) is 19.2 Å². The Kier molecular flexibility index (Phi) is 5.39. The summed E-state index contributed by atoms with van der Waals surface area (Å²) >= 11 is 0. The Morgan fingerprint density at radius 3 is 2.66 bits per heavy atom. The van der Waals surface area contributed by atoms with Gasteiger partial charge in [-0.05, 0) is 62.6 Å². The van der Waals surface area contributed by atoms with Crippen molar-refractivity contribution >= 4 is 12.3 Å². The van der Waals surface area contributed by atoms with E-state index in [4.69, 9.17) is 9.47 Å². The Labute approximate surface area is 187 Å². The maximum atomic E-state index is 12.9. The molecule has 0 amide bonds. The van der Waals surface area contributed by atoms with Gasteiger partial charge in [-0.1, -0.05) is 19.3 Å². The first-order valence-corrected chi connectivity index (χ1v) is 11.7. The molecule has 2 saturated carbocycles. The molecule has 6 heteroatoms. The first kappa shape index (κ1) is 21.0. The Hall–Kier alpha value is -2.89. The van der Waals surface area contributed by atoms with E-state index in [1.807, 2.05) is 12.1 Å². The van der Waals surface area contributed by atoms with Gasteiger partial charge in [-0.15, -0.1) is 0 Å². The quantitative estimate of drug-likeness (QED) is 0.493. The number of nitrogens with zero attached hydrogens (tertiary/aromatic N) is 1. The highest BCUT2D eigenvalue weighted by Gasteiger charge is 2.40. The molecule has 0 radical (unpaired) electrons. The summed E-state index contributed by atoms with van der Waals surface area (Å²) in [4.78, 5) is 37.2. The van der Waals surface area contributed by atoms with Crippen LogP contribution in [-0.4, -0.2) is 30.0 Å². The molecule has 1 aromatic heterocycles. The molecule has 32 heavy (non-hydrogen) atoms. The topological polar surface area (TPSA) is 74.6 Å². The molecule has 0 N–H and O–H groups in total. The van der Waals surface area contributed by atoms with E-state index < -0.39 is 5.97 Å². The van der Waals surface area contributed by atoms with Crippen molar-refractivity contribution in [3.05, 3.63) is 51.3 Å². The molecule has 0 atom stereocenters. The van der Waals surface area contributed by atoms with Crippen molar-refractivity contribution in [1.82, 2.24) is 4.57 Å². The van der Waals surface area contributed by atoms with Crippen LogP contribution in [-0.2, 0) is 16.7 Å². The lowest BCUT2D eigenvalue weighted by Crippen LogP contribution is -2.42. The van der Waals surface area contributed by atoms with Crippen LogP contribution in [0.25, 0.3) is 11.3 Å². The van der Waals surface area contributed by atoms with Crippen LogP contribution in [0, 0.1) is 5.92 Å². The van der Waals surface area contributed by atoms with Crippen LogP contribution in [0.3, 0.4) is 0 Å². The summed E-state index contributed by atoms with van der Waals surface area (Å²) in [6.45, 7) is 2.60. The van der Waals surface area contributed by atoms with Gasteiger partial charge in [0.15, 0.2) is 11.7 Å². The second kappa shape index (κ2) is 8.23. The number of aldehydes is 1. The number of aromatic nitrogens is 1. The van der Waals surface area contributed by atoms with Crippen molar-refractivity contribution in [3.8, 4) is 17.0 Å². The molecule has 6 nitrogen and oxygen atoms in total. The largest absolute Gasteiger partial charge is 0.493 e. The Morgan fingerprint density at radius 1 is 1.19 bits per heavy atom. The van der Waals surface area contributed by atoms with Gasteiger partial charge < -0.3 is 14.0 Å². The lowest BCUT2D eigenvalue weighted by Gasteiger charge is -2.45. The first-order chi connectivity index (χ1) is 15.5. The van der Waals surface area contributed by atoms with Crippen LogP contribution >= 0.6 is 0 Å². The van der Waals surface area contributed by atoms with Crippen LogP contribution in [0.5, 0.6) is 5.75 Å². The molecular formula is C26H29NO5. The number of carbonyl (C=O) groups is 2. The second-order valence-electron chi connectivity index (χ2n) is 9.41. The zero-order valence-corrected chi connectivity index (χ0v) is 18.5. The minimum absolute atomic E-state index is 0.0731. The van der Waals surface area contributed by atoms with Crippen molar-refractivity contribution in [1.29, 1.82) is 0 Å². The molecule has 3 aliphatic rings. The Bertz CT molecular complexity index is 1120. The monoisotopic (exact) mass is 435 g/mol. The van der Waals surface area contributed by atoms with Gasteiger partial charge in [0.05, 0.1) is 24.5 Å². The van der Waals surface area contributed by atoms with Gasteiger partial charge in [0.1, 0.15) is 11.3 Å². The van der Waals surface area contributed by atoms with Crippen molar-refractivity contribution in [2.75, 3.05) is 13.2 Å². The number of hydrogen-bond acceptors (Lipinski definition) is 5. The van der Waals surface area contributed by atoms with Gasteiger partial charge in [-0.3, -0.25) is 9.59 Å². The Morgan fingerprint density at radius 2 is 1.97 bits per heavy atom. The number of pyridine rings is 1. The Balaban J connectivity index is 1.66. The maximum absolute atomic E-state index is 12.9. The molecular weight excluding hydrogens is 406 g/mol. The number of carbonyl (C=O) groups excluding carboxylic acids is 2. The second-order valence-corrected chi connectivity index (χ2v) is 9.41. The van der Waals surface area contributed by atoms with E-state index >= 15 is 0 Å². The maximum Gasteiger partial charge on any atom is 0.343 e. The summed E-state index contributed by atoms with van der Waals surface area (Å²) in [5.74, 6) is 0.647. The highest BCUT2D eigenvalue weighted by molar-refractivity contribution is 5.90. The zero-order valence-electron chi connectivity index (χ0n) is 18.5. The van der Waals surface area contributed by atoms with E-state index in [-0.39, 0.29) is 23.1 Å². The smallest absolute Gasteiger partial charge is 0.343 e. The van der Waals surface area contributed by atoms with Crippen LogP contribution in [0.4, 0.5) is 0 Å². The molecule has 1 aliphatic heterocycles. The van der Waals surface area contributed by atoms with E-state index in [2.05, 4.69) is 4.57 Å². The van der Waals surface area contributed by atoms with Crippen LogP contribution < -0.4 is 10.2 Å². The standard InChI is InChI=1S/C26H29NO5/c1-2-31-25(30)21-14-27-22(12-23(21)29)20-10-19(15-28)24(32-16-17-6-7-17)11-18(20)13-26(27)8-4-3-5-9-26/h10-12,14-15,17H,2-9,13,16H2,1H3. The van der Waals surface area contributed by atoms with E-state index in [0.29, 0.717) is 23.8 Å². The fourth-order valence-corrected chi connectivity index (χ4v) is 5.30. The molecule has 0 saturated heterocycles. The van der Waals surface area contributed by atoms with Crippen LogP contribution in [0.15, 0.2) is 29.2 Å².